The average molecular weight is 196 g/mol. The van der Waals surface area contributed by atoms with Gasteiger partial charge < -0.3 is 5.32 Å². The van der Waals surface area contributed by atoms with E-state index in [1.54, 1.807) is 7.05 Å². The highest BCUT2D eigenvalue weighted by molar-refractivity contribution is 7.98. The third-order valence-electron chi connectivity index (χ3n) is 1.57. The third-order valence-corrected chi connectivity index (χ3v) is 2.54. The van der Waals surface area contributed by atoms with Crippen molar-refractivity contribution >= 4 is 18.0 Å². The lowest BCUT2D eigenvalue weighted by molar-refractivity contribution is 0.248. The molecule has 2 amide bonds. The van der Waals surface area contributed by atoms with Crippen molar-refractivity contribution in [2.75, 3.05) is 7.05 Å². The first-order chi connectivity index (χ1) is 6.24. The Balaban J connectivity index is 2.54. The van der Waals surface area contributed by atoms with E-state index in [0.29, 0.717) is 0 Å². The molecule has 1 aromatic carbocycles. The summed E-state index contributed by atoms with van der Waals surface area (Å²) in [6.07, 6.45) is 0. The zero-order valence-corrected chi connectivity index (χ0v) is 8.44. The number of amides is 2. The number of benzene rings is 1. The Labute approximate surface area is 82.0 Å². The number of carbonyl (C=O) groups is 1. The largest absolute Gasteiger partial charge is 0.341 e. The standard InChI is InChI=1S/C9H12N2OS/c1-7-5-3-4-6-8(7)13-11-9(12)10-2/h3-6H,1-2H3,(H2,10,11,12). The molecule has 0 heterocycles. The lowest BCUT2D eigenvalue weighted by atomic mass is 10.2. The lowest BCUT2D eigenvalue weighted by Gasteiger charge is -2.05. The molecule has 0 unspecified atom stereocenters. The molecule has 70 valence electrons. The van der Waals surface area contributed by atoms with Crippen molar-refractivity contribution in [3.05, 3.63) is 29.8 Å². The molecule has 1 rings (SSSR count). The van der Waals surface area contributed by atoms with E-state index in [4.69, 9.17) is 0 Å². The molecule has 13 heavy (non-hydrogen) atoms. The Morgan fingerprint density at radius 2 is 2.08 bits per heavy atom. The summed E-state index contributed by atoms with van der Waals surface area (Å²) in [6, 6.07) is 7.71. The van der Waals surface area contributed by atoms with Gasteiger partial charge in [0, 0.05) is 11.9 Å². The zero-order chi connectivity index (χ0) is 9.68. The van der Waals surface area contributed by atoms with Gasteiger partial charge in [-0.25, -0.2) is 4.79 Å². The van der Waals surface area contributed by atoms with Crippen LogP contribution in [0.25, 0.3) is 0 Å². The minimum absolute atomic E-state index is 0.187. The van der Waals surface area contributed by atoms with Crippen LogP contribution in [0.4, 0.5) is 4.79 Å². The van der Waals surface area contributed by atoms with Gasteiger partial charge in [-0.2, -0.15) is 0 Å². The summed E-state index contributed by atoms with van der Waals surface area (Å²) in [5.41, 5.74) is 1.16. The molecule has 0 aliphatic carbocycles. The second-order valence-electron chi connectivity index (χ2n) is 2.55. The Bertz CT molecular complexity index is 301. The molecule has 0 fully saturated rings. The zero-order valence-electron chi connectivity index (χ0n) is 7.63. The van der Waals surface area contributed by atoms with Gasteiger partial charge in [0.25, 0.3) is 0 Å². The molecular formula is C9H12N2OS. The van der Waals surface area contributed by atoms with Crippen LogP contribution in [0, 0.1) is 6.92 Å². The molecule has 0 atom stereocenters. The van der Waals surface area contributed by atoms with Gasteiger partial charge in [0.15, 0.2) is 0 Å². The number of carbonyl (C=O) groups excluding carboxylic acids is 1. The predicted molar refractivity (Wildman–Crippen MR) is 54.6 cm³/mol. The van der Waals surface area contributed by atoms with Crippen molar-refractivity contribution in [3.63, 3.8) is 0 Å². The van der Waals surface area contributed by atoms with Gasteiger partial charge in [0.2, 0.25) is 0 Å². The first-order valence-corrected chi connectivity index (χ1v) is 4.76. The fourth-order valence-electron chi connectivity index (χ4n) is 0.823. The summed E-state index contributed by atoms with van der Waals surface area (Å²) in [6.45, 7) is 2.01. The minimum Gasteiger partial charge on any atom is -0.341 e. The number of hydrogen-bond donors (Lipinski definition) is 2. The Kier molecular flexibility index (Phi) is 3.64. The topological polar surface area (TPSA) is 41.1 Å². The second-order valence-corrected chi connectivity index (χ2v) is 3.40. The van der Waals surface area contributed by atoms with Crippen LogP contribution in [0.5, 0.6) is 0 Å². The molecule has 0 saturated carbocycles. The first kappa shape index (κ1) is 9.92. The van der Waals surface area contributed by atoms with Crippen LogP contribution in [-0.2, 0) is 0 Å². The van der Waals surface area contributed by atoms with E-state index in [-0.39, 0.29) is 6.03 Å². The van der Waals surface area contributed by atoms with Crippen LogP contribution in [0.2, 0.25) is 0 Å². The Hall–Kier alpha value is -1.16. The molecule has 0 bridgehead atoms. The fourth-order valence-corrected chi connectivity index (χ4v) is 1.50. The minimum atomic E-state index is -0.187. The summed E-state index contributed by atoms with van der Waals surface area (Å²) in [4.78, 5) is 11.9. The molecule has 0 saturated heterocycles. The molecule has 2 N–H and O–H groups in total. The Morgan fingerprint density at radius 1 is 1.38 bits per heavy atom. The molecule has 0 aliphatic rings. The third kappa shape index (κ3) is 2.99. The smallest absolute Gasteiger partial charge is 0.324 e. The molecule has 0 aromatic heterocycles. The van der Waals surface area contributed by atoms with E-state index in [9.17, 15) is 4.79 Å². The van der Waals surface area contributed by atoms with Crippen molar-refractivity contribution in [2.24, 2.45) is 0 Å². The fraction of sp³-hybridized carbons (Fsp3) is 0.222. The number of rotatable bonds is 2. The van der Waals surface area contributed by atoms with Gasteiger partial charge in [-0.1, -0.05) is 18.2 Å². The molecule has 0 spiro atoms. The monoisotopic (exact) mass is 196 g/mol. The van der Waals surface area contributed by atoms with Crippen LogP contribution in [0.1, 0.15) is 5.56 Å². The van der Waals surface area contributed by atoms with Crippen LogP contribution in [-0.4, -0.2) is 13.1 Å². The number of nitrogens with one attached hydrogen (secondary N) is 2. The molecule has 0 aliphatic heterocycles. The SMILES string of the molecule is CNC(=O)NSc1ccccc1C. The van der Waals surface area contributed by atoms with Gasteiger partial charge in [-0.3, -0.25) is 4.72 Å². The molecular weight excluding hydrogens is 184 g/mol. The first-order valence-electron chi connectivity index (χ1n) is 3.94. The van der Waals surface area contributed by atoms with Gasteiger partial charge in [-0.05, 0) is 30.5 Å². The predicted octanol–water partition coefficient (Wildman–Crippen LogP) is 1.93. The summed E-state index contributed by atoms with van der Waals surface area (Å²) in [5.74, 6) is 0. The molecule has 1 aromatic rings. The molecule has 3 nitrogen and oxygen atoms in total. The summed E-state index contributed by atoms with van der Waals surface area (Å²) >= 11 is 1.32. The quantitative estimate of drug-likeness (QED) is 0.710. The van der Waals surface area contributed by atoms with Crippen molar-refractivity contribution in [1.29, 1.82) is 0 Å². The van der Waals surface area contributed by atoms with E-state index in [1.165, 1.54) is 11.9 Å². The van der Waals surface area contributed by atoms with Gasteiger partial charge in [0.1, 0.15) is 0 Å². The molecule has 4 heteroatoms. The maximum Gasteiger partial charge on any atom is 0.324 e. The van der Waals surface area contributed by atoms with E-state index >= 15 is 0 Å². The number of aryl methyl sites for hydroxylation is 1. The number of hydrogen-bond acceptors (Lipinski definition) is 2. The van der Waals surface area contributed by atoms with Crippen LogP contribution >= 0.6 is 11.9 Å². The average Bonchev–Trinajstić information content (AvgIpc) is 2.16. The lowest BCUT2D eigenvalue weighted by Crippen LogP contribution is -2.27. The highest BCUT2D eigenvalue weighted by atomic mass is 32.2. The summed E-state index contributed by atoms with van der Waals surface area (Å²) < 4.78 is 2.66. The van der Waals surface area contributed by atoms with Crippen LogP contribution in [0.15, 0.2) is 29.2 Å². The maximum atomic E-state index is 10.9. The van der Waals surface area contributed by atoms with Crippen molar-refractivity contribution in [2.45, 2.75) is 11.8 Å². The normalized spacial score (nSPS) is 9.38. The number of urea groups is 1. The van der Waals surface area contributed by atoms with E-state index in [1.807, 2.05) is 31.2 Å². The highest BCUT2D eigenvalue weighted by Crippen LogP contribution is 2.18. The van der Waals surface area contributed by atoms with Crippen LogP contribution in [0.3, 0.4) is 0 Å². The highest BCUT2D eigenvalue weighted by Gasteiger charge is 1.99. The summed E-state index contributed by atoms with van der Waals surface area (Å²) in [5, 5.41) is 2.48. The van der Waals surface area contributed by atoms with Crippen molar-refractivity contribution < 1.29 is 4.79 Å². The van der Waals surface area contributed by atoms with Gasteiger partial charge in [-0.15, -0.1) is 0 Å². The Morgan fingerprint density at radius 3 is 2.69 bits per heavy atom. The molecule has 0 radical (unpaired) electrons. The van der Waals surface area contributed by atoms with E-state index in [0.717, 1.165) is 10.5 Å². The maximum absolute atomic E-state index is 10.9. The second kappa shape index (κ2) is 4.77. The summed E-state index contributed by atoms with van der Waals surface area (Å²) in [7, 11) is 1.59. The van der Waals surface area contributed by atoms with E-state index < -0.39 is 0 Å². The van der Waals surface area contributed by atoms with Crippen LogP contribution < -0.4 is 10.0 Å². The van der Waals surface area contributed by atoms with Crippen molar-refractivity contribution in [1.82, 2.24) is 10.0 Å². The van der Waals surface area contributed by atoms with E-state index in [2.05, 4.69) is 10.0 Å². The van der Waals surface area contributed by atoms with Gasteiger partial charge >= 0.3 is 6.03 Å². The van der Waals surface area contributed by atoms with Gasteiger partial charge in [0.05, 0.1) is 0 Å². The van der Waals surface area contributed by atoms with Crippen molar-refractivity contribution in [3.8, 4) is 0 Å².